The van der Waals surface area contributed by atoms with Gasteiger partial charge in [0, 0.05) is 18.2 Å². The topological polar surface area (TPSA) is 282 Å². The average Bonchev–Trinajstić information content (AvgIpc) is 3.14. The SMILES string of the molecule is Cc1cn([C@H]2C[C@H](O)[C@@H](COP(=O)([O-])OP(=O)([O-])O[C@@H]3O[C@H](CO)[C@@H](O)[C@H](O)[C@H]3O)O2)c(=O)[nH]c1=O.[Na+].[Na+]. The number of phosphoric ester groups is 2. The summed E-state index contributed by atoms with van der Waals surface area (Å²) >= 11 is 0. The Bertz CT molecular complexity index is 1150. The van der Waals surface area contributed by atoms with Crippen molar-refractivity contribution in [3.63, 3.8) is 0 Å². The number of aryl methyl sites for hydroxylation is 1. The minimum Gasteiger partial charge on any atom is -0.756 e. The number of nitrogens with one attached hydrogen (secondary N) is 1. The van der Waals surface area contributed by atoms with Crippen molar-refractivity contribution in [1.29, 1.82) is 0 Å². The molecule has 0 spiro atoms. The van der Waals surface area contributed by atoms with E-state index in [1.54, 1.807) is 0 Å². The third-order valence-electron chi connectivity index (χ3n) is 5.34. The van der Waals surface area contributed by atoms with Crippen LogP contribution in [0.15, 0.2) is 15.8 Å². The molecule has 0 amide bonds. The van der Waals surface area contributed by atoms with Crippen LogP contribution in [-0.2, 0) is 32.0 Å². The standard InChI is InChI=1S/C16H26N2O16P2.2Na/c1-6-3-18(16(25)17-14(6)24)10-2-7(20)9(31-10)5-30-35(26,27)34-36(28,29)33-15-13(23)12(22)11(21)8(4-19)32-15;;/h3,7-13,15,19-23H,2,4-5H2,1H3,(H,26,27)(H,28,29)(H,17,24,25);;/q;2*+1/p-2/t7-,8+,9+,10+,11+,12-,13+,15-;;/m0../s1. The van der Waals surface area contributed by atoms with Crippen LogP contribution in [0.4, 0.5) is 0 Å². The van der Waals surface area contributed by atoms with E-state index in [2.05, 4.69) is 13.4 Å². The molecule has 10 atom stereocenters. The molecule has 206 valence electrons. The van der Waals surface area contributed by atoms with Crippen LogP contribution >= 0.6 is 15.6 Å². The Balaban J connectivity index is 0.00000361. The summed E-state index contributed by atoms with van der Waals surface area (Å²) in [5.41, 5.74) is -1.32. The normalized spacial score (nSPS) is 34.4. The van der Waals surface area contributed by atoms with Crippen molar-refractivity contribution in [2.45, 2.75) is 62.5 Å². The van der Waals surface area contributed by atoms with E-state index in [-0.39, 0.29) is 71.1 Å². The van der Waals surface area contributed by atoms with E-state index in [4.69, 9.17) is 14.6 Å². The van der Waals surface area contributed by atoms with E-state index in [1.807, 2.05) is 4.98 Å². The maximum absolute atomic E-state index is 12.0. The molecule has 2 fully saturated rings. The molecule has 2 aliphatic rings. The van der Waals surface area contributed by atoms with Gasteiger partial charge in [0.1, 0.15) is 36.7 Å². The zero-order chi connectivity index (χ0) is 27.0. The van der Waals surface area contributed by atoms with E-state index in [0.717, 1.165) is 4.57 Å². The Morgan fingerprint density at radius 2 is 1.68 bits per heavy atom. The molecule has 1 aromatic rings. The fourth-order valence-corrected chi connectivity index (χ4v) is 5.53. The molecule has 22 heteroatoms. The molecule has 18 nitrogen and oxygen atoms in total. The number of hydrogen-bond acceptors (Lipinski definition) is 16. The number of H-pyrrole nitrogens is 1. The summed E-state index contributed by atoms with van der Waals surface area (Å²) < 4.78 is 47.8. The first-order chi connectivity index (χ1) is 16.6. The Kier molecular flexibility index (Phi) is 14.2. The Labute approximate surface area is 258 Å². The van der Waals surface area contributed by atoms with Crippen LogP contribution in [0.1, 0.15) is 18.2 Å². The van der Waals surface area contributed by atoms with Crippen molar-refractivity contribution in [2.24, 2.45) is 0 Å². The first kappa shape index (κ1) is 36.7. The van der Waals surface area contributed by atoms with Gasteiger partial charge in [-0.25, -0.2) is 9.11 Å². The second-order valence-corrected chi connectivity index (χ2v) is 10.9. The van der Waals surface area contributed by atoms with Crippen molar-refractivity contribution >= 4 is 15.6 Å². The summed E-state index contributed by atoms with van der Waals surface area (Å²) in [6.07, 6.45) is -12.7. The fourth-order valence-electron chi connectivity index (χ4n) is 3.45. The molecule has 0 bridgehead atoms. The zero-order valence-electron chi connectivity index (χ0n) is 20.4. The summed E-state index contributed by atoms with van der Waals surface area (Å²) in [6, 6.07) is 0. The second kappa shape index (κ2) is 14.7. The van der Waals surface area contributed by atoms with Gasteiger partial charge in [-0.15, -0.1) is 0 Å². The predicted octanol–water partition coefficient (Wildman–Crippen LogP) is -10.7. The minimum absolute atomic E-state index is 0. The predicted molar refractivity (Wildman–Crippen MR) is 108 cm³/mol. The number of nitrogens with zero attached hydrogens (tertiary/aromatic N) is 1. The van der Waals surface area contributed by atoms with Gasteiger partial charge < -0.3 is 49.3 Å². The summed E-state index contributed by atoms with van der Waals surface area (Å²) in [7, 11) is -11.6. The van der Waals surface area contributed by atoms with E-state index < -0.39 is 89.2 Å². The first-order valence-electron chi connectivity index (χ1n) is 10.3. The minimum atomic E-state index is -5.85. The van der Waals surface area contributed by atoms with E-state index in [9.17, 15) is 48.9 Å². The maximum atomic E-state index is 12.0. The number of aromatic nitrogens is 2. The van der Waals surface area contributed by atoms with Gasteiger partial charge in [-0.3, -0.25) is 28.0 Å². The number of rotatable bonds is 9. The van der Waals surface area contributed by atoms with Crippen LogP contribution in [0, 0.1) is 6.92 Å². The molecule has 6 N–H and O–H groups in total. The zero-order valence-corrected chi connectivity index (χ0v) is 26.2. The molecule has 0 radical (unpaired) electrons. The molecule has 2 saturated heterocycles. The smallest absolute Gasteiger partial charge is 0.756 e. The summed E-state index contributed by atoms with van der Waals surface area (Å²) in [4.78, 5) is 49.6. The summed E-state index contributed by atoms with van der Waals surface area (Å²) in [5, 5.41) is 48.4. The van der Waals surface area contributed by atoms with Gasteiger partial charge in [-0.2, -0.15) is 0 Å². The third kappa shape index (κ3) is 9.08. The number of aromatic amines is 1. The number of aliphatic hydroxyl groups is 5. The molecule has 3 heterocycles. The summed E-state index contributed by atoms with van der Waals surface area (Å²) in [5.74, 6) is 0. The van der Waals surface area contributed by atoms with Gasteiger partial charge in [0.05, 0.1) is 19.3 Å². The van der Waals surface area contributed by atoms with Crippen molar-refractivity contribution < 1.29 is 126 Å². The van der Waals surface area contributed by atoms with Gasteiger partial charge in [0.15, 0.2) is 6.29 Å². The molecule has 2 aliphatic heterocycles. The maximum Gasteiger partial charge on any atom is 1.00 e. The third-order valence-corrected chi connectivity index (χ3v) is 7.87. The van der Waals surface area contributed by atoms with Crippen molar-refractivity contribution in [2.75, 3.05) is 13.2 Å². The molecule has 0 saturated carbocycles. The molecule has 0 aliphatic carbocycles. The largest absolute Gasteiger partial charge is 1.00 e. The summed E-state index contributed by atoms with van der Waals surface area (Å²) in [6.45, 7) is -0.442. The number of aliphatic hydroxyl groups excluding tert-OH is 5. The van der Waals surface area contributed by atoms with Gasteiger partial charge in [-0.1, -0.05) is 0 Å². The van der Waals surface area contributed by atoms with Crippen molar-refractivity contribution in [3.8, 4) is 0 Å². The average molecular weight is 608 g/mol. The van der Waals surface area contributed by atoms with Crippen LogP contribution < -0.4 is 80.2 Å². The van der Waals surface area contributed by atoms with Crippen LogP contribution in [0.2, 0.25) is 0 Å². The van der Waals surface area contributed by atoms with E-state index in [1.165, 1.54) is 13.1 Å². The van der Waals surface area contributed by atoms with Gasteiger partial charge in [-0.05, 0) is 6.92 Å². The van der Waals surface area contributed by atoms with E-state index >= 15 is 0 Å². The Morgan fingerprint density at radius 1 is 1.05 bits per heavy atom. The van der Waals surface area contributed by atoms with Gasteiger partial charge in [0.2, 0.25) is 0 Å². The van der Waals surface area contributed by atoms with Gasteiger partial charge in [0.25, 0.3) is 21.2 Å². The first-order valence-corrected chi connectivity index (χ1v) is 13.2. The molecule has 38 heavy (non-hydrogen) atoms. The van der Waals surface area contributed by atoms with Crippen molar-refractivity contribution in [1.82, 2.24) is 9.55 Å². The Morgan fingerprint density at radius 3 is 2.29 bits per heavy atom. The molecular weight excluding hydrogens is 584 g/mol. The molecule has 0 aromatic carbocycles. The fraction of sp³-hybridized carbons (Fsp3) is 0.750. The molecular formula is C16H24N2Na2O16P2. The second-order valence-electron chi connectivity index (χ2n) is 7.99. The van der Waals surface area contributed by atoms with E-state index in [0.29, 0.717) is 0 Å². The van der Waals surface area contributed by atoms with Crippen LogP contribution in [0.3, 0.4) is 0 Å². The van der Waals surface area contributed by atoms with Crippen LogP contribution in [-0.4, -0.2) is 91.2 Å². The monoisotopic (exact) mass is 608 g/mol. The quantitative estimate of drug-likeness (QED) is 0.112. The molecule has 2 unspecified atom stereocenters. The van der Waals surface area contributed by atoms with Crippen LogP contribution in [0.5, 0.6) is 0 Å². The number of hydrogen-bond donors (Lipinski definition) is 6. The molecule has 3 rings (SSSR count). The molecule has 1 aromatic heterocycles. The van der Waals surface area contributed by atoms with Crippen LogP contribution in [0.25, 0.3) is 0 Å². The number of ether oxygens (including phenoxy) is 2. The van der Waals surface area contributed by atoms with Gasteiger partial charge >= 0.3 is 64.8 Å². The van der Waals surface area contributed by atoms with Crippen molar-refractivity contribution in [3.05, 3.63) is 32.6 Å². The number of phosphoric acid groups is 2. The Hall–Kier alpha value is 0.660.